The van der Waals surface area contributed by atoms with Gasteiger partial charge in [0.1, 0.15) is 0 Å². The van der Waals surface area contributed by atoms with Gasteiger partial charge < -0.3 is 0 Å². The lowest BCUT2D eigenvalue weighted by Crippen LogP contribution is -1.94. The molecule has 0 bridgehead atoms. The fourth-order valence-corrected chi connectivity index (χ4v) is 3.28. The van der Waals surface area contributed by atoms with Gasteiger partial charge in [-0.15, -0.1) is 0 Å². The number of aryl methyl sites for hydroxylation is 4. The standard InChI is InChI=1S/C22H21N/c1-13-5-7-18-17(9-13)11-20-19(8-6-14(2)22(18)20)21-10-15(3)16(4)12-23-21/h5-10,12H,11H2,1-4H3/i2D3,3D3,4D3. The van der Waals surface area contributed by atoms with Crippen molar-refractivity contribution in [2.24, 2.45) is 0 Å². The molecular weight excluding hydrogens is 278 g/mol. The van der Waals surface area contributed by atoms with Crippen molar-refractivity contribution in [3.05, 3.63) is 76.0 Å². The van der Waals surface area contributed by atoms with Crippen LogP contribution in [-0.4, -0.2) is 4.98 Å². The summed E-state index contributed by atoms with van der Waals surface area (Å²) in [5.41, 5.74) is 4.82. The van der Waals surface area contributed by atoms with Crippen molar-refractivity contribution in [1.82, 2.24) is 4.98 Å². The molecule has 0 radical (unpaired) electrons. The molecule has 0 aliphatic heterocycles. The first-order valence-corrected chi connectivity index (χ1v) is 7.45. The molecule has 1 aliphatic carbocycles. The minimum atomic E-state index is -2.64. The lowest BCUT2D eigenvalue weighted by atomic mass is 9.94. The highest BCUT2D eigenvalue weighted by Gasteiger charge is 2.24. The van der Waals surface area contributed by atoms with Gasteiger partial charge in [0.05, 0.1) is 5.69 Å². The maximum absolute atomic E-state index is 7.99. The van der Waals surface area contributed by atoms with Crippen LogP contribution in [0.5, 0.6) is 0 Å². The lowest BCUT2D eigenvalue weighted by Gasteiger charge is -2.12. The van der Waals surface area contributed by atoms with Crippen LogP contribution in [0.15, 0.2) is 42.6 Å². The molecule has 0 saturated carbocycles. The van der Waals surface area contributed by atoms with Gasteiger partial charge in [-0.3, -0.25) is 4.98 Å². The molecule has 1 heterocycles. The van der Waals surface area contributed by atoms with Crippen LogP contribution in [0.25, 0.3) is 22.4 Å². The van der Waals surface area contributed by atoms with Gasteiger partial charge in [0, 0.05) is 24.1 Å². The molecule has 0 fully saturated rings. The Bertz CT molecular complexity index is 1220. The zero-order chi connectivity index (χ0) is 23.6. The molecule has 1 nitrogen and oxygen atoms in total. The fourth-order valence-electron chi connectivity index (χ4n) is 3.28. The second-order valence-electron chi connectivity index (χ2n) is 5.97. The number of fused-ring (bicyclic) bond motifs is 3. The van der Waals surface area contributed by atoms with Crippen LogP contribution in [0.3, 0.4) is 0 Å². The Morgan fingerprint density at radius 3 is 2.57 bits per heavy atom. The van der Waals surface area contributed by atoms with Gasteiger partial charge in [-0.05, 0) is 78.9 Å². The Labute approximate surface area is 150 Å². The fraction of sp³-hybridized carbons (Fsp3) is 0.227. The average Bonchev–Trinajstić information content (AvgIpc) is 3.02. The van der Waals surface area contributed by atoms with E-state index >= 15 is 0 Å². The maximum atomic E-state index is 7.99. The minimum Gasteiger partial charge on any atom is -0.256 e. The number of pyridine rings is 1. The average molecular weight is 308 g/mol. The van der Waals surface area contributed by atoms with E-state index in [4.69, 9.17) is 12.3 Å². The number of hydrogen-bond donors (Lipinski definition) is 0. The van der Waals surface area contributed by atoms with E-state index in [1.807, 2.05) is 25.1 Å². The summed E-state index contributed by atoms with van der Waals surface area (Å²) in [5, 5.41) is 0. The summed E-state index contributed by atoms with van der Waals surface area (Å²) >= 11 is 0. The first-order valence-electron chi connectivity index (χ1n) is 12.0. The lowest BCUT2D eigenvalue weighted by molar-refractivity contribution is 1.19. The van der Waals surface area contributed by atoms with Gasteiger partial charge in [-0.1, -0.05) is 35.9 Å². The van der Waals surface area contributed by atoms with Crippen LogP contribution in [-0.2, 0) is 6.42 Å². The number of nitrogens with zero attached hydrogens (tertiary/aromatic N) is 1. The zero-order valence-corrected chi connectivity index (χ0v) is 12.7. The normalized spacial score (nSPS) is 19.6. The van der Waals surface area contributed by atoms with E-state index in [9.17, 15) is 0 Å². The molecule has 0 atom stereocenters. The maximum Gasteiger partial charge on any atom is 0.0707 e. The molecule has 0 N–H and O–H groups in total. The van der Waals surface area contributed by atoms with Gasteiger partial charge in [0.2, 0.25) is 0 Å². The summed E-state index contributed by atoms with van der Waals surface area (Å²) in [6.07, 6.45) is 1.58. The Hall–Kier alpha value is -2.41. The molecule has 4 rings (SSSR count). The van der Waals surface area contributed by atoms with Crippen LogP contribution in [0.4, 0.5) is 0 Å². The molecule has 1 aromatic heterocycles. The summed E-state index contributed by atoms with van der Waals surface area (Å²) in [4.78, 5) is 4.29. The molecular formula is C22H21N. The highest BCUT2D eigenvalue weighted by atomic mass is 14.7. The Balaban J connectivity index is 1.98. The molecule has 23 heavy (non-hydrogen) atoms. The quantitative estimate of drug-likeness (QED) is 0.449. The third kappa shape index (κ3) is 2.19. The highest BCUT2D eigenvalue weighted by molar-refractivity contribution is 5.86. The molecule has 0 spiro atoms. The number of rotatable bonds is 1. The zero-order valence-electron chi connectivity index (χ0n) is 21.7. The van der Waals surface area contributed by atoms with Gasteiger partial charge in [0.25, 0.3) is 0 Å². The van der Waals surface area contributed by atoms with Gasteiger partial charge in [-0.25, -0.2) is 0 Å². The first-order chi connectivity index (χ1) is 14.7. The van der Waals surface area contributed by atoms with Crippen LogP contribution in [0.2, 0.25) is 0 Å². The van der Waals surface area contributed by atoms with Crippen molar-refractivity contribution < 1.29 is 12.3 Å². The Morgan fingerprint density at radius 2 is 1.74 bits per heavy atom. The largest absolute Gasteiger partial charge is 0.256 e. The van der Waals surface area contributed by atoms with E-state index in [2.05, 4.69) is 4.98 Å². The van der Waals surface area contributed by atoms with Gasteiger partial charge >= 0.3 is 0 Å². The van der Waals surface area contributed by atoms with E-state index < -0.39 is 20.6 Å². The van der Waals surface area contributed by atoms with Crippen LogP contribution >= 0.6 is 0 Å². The molecule has 3 aromatic rings. The Morgan fingerprint density at radius 1 is 0.913 bits per heavy atom. The molecule has 1 aliphatic rings. The summed E-state index contributed by atoms with van der Waals surface area (Å²) < 4.78 is 70.5. The first kappa shape index (κ1) is 7.44. The van der Waals surface area contributed by atoms with E-state index in [-0.39, 0.29) is 16.7 Å². The SMILES string of the molecule is [2H]C([2H])([2H])c1cnc(-c2ccc(C([2H])([2H])[2H])c3c2Cc2cc(C)ccc2-3)cc1C([2H])([2H])[2H]. The highest BCUT2D eigenvalue weighted by Crippen LogP contribution is 2.43. The summed E-state index contributed by atoms with van der Waals surface area (Å²) in [7, 11) is 0. The van der Waals surface area contributed by atoms with E-state index in [0.717, 1.165) is 28.5 Å². The second-order valence-corrected chi connectivity index (χ2v) is 5.97. The van der Waals surface area contributed by atoms with Gasteiger partial charge in [-0.2, -0.15) is 0 Å². The Kier molecular flexibility index (Phi) is 1.64. The number of hydrogen-bond acceptors (Lipinski definition) is 1. The van der Waals surface area contributed by atoms with Crippen molar-refractivity contribution in [1.29, 1.82) is 0 Å². The smallest absolute Gasteiger partial charge is 0.0707 e. The third-order valence-electron chi connectivity index (χ3n) is 4.39. The number of benzene rings is 2. The van der Waals surface area contributed by atoms with Crippen LogP contribution in [0.1, 0.15) is 45.7 Å². The summed E-state index contributed by atoms with van der Waals surface area (Å²) in [6.45, 7) is -5.61. The molecule has 0 unspecified atom stereocenters. The topological polar surface area (TPSA) is 12.9 Å². The van der Waals surface area contributed by atoms with Crippen molar-refractivity contribution in [3.8, 4) is 22.4 Å². The monoisotopic (exact) mass is 308 g/mol. The molecule has 0 saturated heterocycles. The molecule has 1 heteroatoms. The predicted octanol–water partition coefficient (Wildman–Crippen LogP) is 5.55. The molecule has 114 valence electrons. The van der Waals surface area contributed by atoms with E-state index in [1.54, 1.807) is 6.07 Å². The van der Waals surface area contributed by atoms with E-state index in [0.29, 0.717) is 23.2 Å². The van der Waals surface area contributed by atoms with Crippen molar-refractivity contribution in [2.75, 3.05) is 0 Å². The van der Waals surface area contributed by atoms with Gasteiger partial charge in [0.15, 0.2) is 0 Å². The molecule has 0 amide bonds. The van der Waals surface area contributed by atoms with Crippen LogP contribution in [0, 0.1) is 27.5 Å². The minimum absolute atomic E-state index is 0.231. The molecule has 2 aromatic carbocycles. The van der Waals surface area contributed by atoms with Crippen molar-refractivity contribution >= 4 is 0 Å². The third-order valence-corrected chi connectivity index (χ3v) is 4.39. The second kappa shape index (κ2) is 5.06. The number of aromatic nitrogens is 1. The van der Waals surface area contributed by atoms with Crippen molar-refractivity contribution in [2.45, 2.75) is 33.9 Å². The van der Waals surface area contributed by atoms with Crippen molar-refractivity contribution in [3.63, 3.8) is 0 Å². The summed E-state index contributed by atoms with van der Waals surface area (Å²) in [6, 6.07) is 10.3. The van der Waals surface area contributed by atoms with Crippen LogP contribution < -0.4 is 0 Å². The predicted molar refractivity (Wildman–Crippen MR) is 96.9 cm³/mol. The van der Waals surface area contributed by atoms with E-state index in [1.165, 1.54) is 12.1 Å². The summed E-state index contributed by atoms with van der Waals surface area (Å²) in [5.74, 6) is 0.